The van der Waals surface area contributed by atoms with Crippen molar-refractivity contribution in [1.82, 2.24) is 0 Å². The normalized spacial score (nSPS) is 14.4. The van der Waals surface area contributed by atoms with Crippen LogP contribution in [-0.2, 0) is 17.8 Å². The standard InChI is InChI=1S/C27H24O5/c28-25(29)15-20-8-4-5-9-23(20)31-16-17-12-21-14-24(26(30)19-10-11-19)32-27(21)22(13-17)18-6-2-1-3-7-18/h1-9,12-14,19,26,30H,10-11,15-16H2,(H,28,29). The van der Waals surface area contributed by atoms with Gasteiger partial charge in [-0.15, -0.1) is 0 Å². The van der Waals surface area contributed by atoms with Gasteiger partial charge in [-0.25, -0.2) is 0 Å². The van der Waals surface area contributed by atoms with Crippen LogP contribution in [0.25, 0.3) is 22.1 Å². The third kappa shape index (κ3) is 4.25. The second-order valence-electron chi connectivity index (χ2n) is 8.33. The van der Waals surface area contributed by atoms with Crippen LogP contribution < -0.4 is 4.74 Å². The van der Waals surface area contributed by atoms with Crippen LogP contribution >= 0.6 is 0 Å². The molecule has 0 aliphatic heterocycles. The molecule has 0 spiro atoms. The van der Waals surface area contributed by atoms with Crippen LogP contribution in [0.5, 0.6) is 5.75 Å². The lowest BCUT2D eigenvalue weighted by molar-refractivity contribution is -0.136. The first-order valence-corrected chi connectivity index (χ1v) is 10.8. The van der Waals surface area contributed by atoms with Crippen LogP contribution in [0.15, 0.2) is 77.2 Å². The summed E-state index contributed by atoms with van der Waals surface area (Å²) >= 11 is 0. The van der Waals surface area contributed by atoms with Crippen molar-refractivity contribution in [2.45, 2.75) is 32.0 Å². The fourth-order valence-corrected chi connectivity index (χ4v) is 4.06. The van der Waals surface area contributed by atoms with E-state index < -0.39 is 12.1 Å². The van der Waals surface area contributed by atoms with Crippen molar-refractivity contribution in [1.29, 1.82) is 0 Å². The smallest absolute Gasteiger partial charge is 0.307 e. The molecule has 1 aliphatic rings. The largest absolute Gasteiger partial charge is 0.489 e. The Labute approximate surface area is 185 Å². The molecule has 0 radical (unpaired) electrons. The maximum atomic E-state index is 11.2. The van der Waals surface area contributed by atoms with E-state index in [2.05, 4.69) is 0 Å². The van der Waals surface area contributed by atoms with Gasteiger partial charge >= 0.3 is 5.97 Å². The first-order valence-electron chi connectivity index (χ1n) is 10.8. The van der Waals surface area contributed by atoms with Gasteiger partial charge in [-0.3, -0.25) is 4.79 Å². The lowest BCUT2D eigenvalue weighted by atomic mass is 10.0. The number of hydrogen-bond donors (Lipinski definition) is 2. The number of aliphatic hydroxyl groups excluding tert-OH is 1. The van der Waals surface area contributed by atoms with Crippen LogP contribution in [0.4, 0.5) is 0 Å². The predicted molar refractivity (Wildman–Crippen MR) is 121 cm³/mol. The first kappa shape index (κ1) is 20.3. The Morgan fingerprint density at radius 1 is 1.03 bits per heavy atom. The molecule has 0 bridgehead atoms. The van der Waals surface area contributed by atoms with Gasteiger partial charge in [0.2, 0.25) is 0 Å². The van der Waals surface area contributed by atoms with Crippen LogP contribution in [0.2, 0.25) is 0 Å². The van der Waals surface area contributed by atoms with Crippen LogP contribution in [0.3, 0.4) is 0 Å². The first-order chi connectivity index (χ1) is 15.6. The number of benzene rings is 3. The summed E-state index contributed by atoms with van der Waals surface area (Å²) in [5, 5.41) is 20.7. The summed E-state index contributed by atoms with van der Waals surface area (Å²) in [6.45, 7) is 0.290. The molecule has 1 fully saturated rings. The lowest BCUT2D eigenvalue weighted by Crippen LogP contribution is -2.04. The molecule has 32 heavy (non-hydrogen) atoms. The van der Waals surface area contributed by atoms with Crippen LogP contribution in [0.1, 0.15) is 35.8 Å². The van der Waals surface area contributed by atoms with Crippen molar-refractivity contribution in [3.8, 4) is 16.9 Å². The van der Waals surface area contributed by atoms with E-state index in [-0.39, 0.29) is 18.9 Å². The average Bonchev–Trinajstić information content (AvgIpc) is 3.56. The topological polar surface area (TPSA) is 79.9 Å². The van der Waals surface area contributed by atoms with E-state index in [0.29, 0.717) is 17.1 Å². The van der Waals surface area contributed by atoms with Gasteiger partial charge in [0.1, 0.15) is 29.8 Å². The van der Waals surface area contributed by atoms with Gasteiger partial charge in [0.25, 0.3) is 0 Å². The van der Waals surface area contributed by atoms with Gasteiger partial charge in [-0.05, 0) is 54.2 Å². The minimum Gasteiger partial charge on any atom is -0.489 e. The Balaban J connectivity index is 1.50. The van der Waals surface area contributed by atoms with Gasteiger partial charge < -0.3 is 19.4 Å². The molecule has 5 heteroatoms. The third-order valence-corrected chi connectivity index (χ3v) is 5.85. The number of rotatable bonds is 8. The van der Waals surface area contributed by atoms with Crippen molar-refractivity contribution >= 4 is 16.9 Å². The number of carboxylic acids is 1. The maximum absolute atomic E-state index is 11.2. The predicted octanol–water partition coefficient (Wildman–Crippen LogP) is 5.75. The third-order valence-electron chi connectivity index (χ3n) is 5.85. The number of para-hydroxylation sites is 1. The number of carbonyl (C=O) groups is 1. The van der Waals surface area contributed by atoms with Gasteiger partial charge in [0.05, 0.1) is 6.42 Å². The van der Waals surface area contributed by atoms with Crippen LogP contribution in [-0.4, -0.2) is 16.2 Å². The maximum Gasteiger partial charge on any atom is 0.307 e. The van der Waals surface area contributed by atoms with Crippen molar-refractivity contribution in [2.75, 3.05) is 0 Å². The van der Waals surface area contributed by atoms with Crippen molar-refractivity contribution in [3.05, 3.63) is 89.7 Å². The summed E-state index contributed by atoms with van der Waals surface area (Å²) in [7, 11) is 0. The molecule has 4 aromatic rings. The molecular formula is C27H24O5. The fraction of sp³-hybridized carbons (Fsp3) is 0.222. The molecule has 3 aromatic carbocycles. The van der Waals surface area contributed by atoms with Crippen molar-refractivity contribution < 1.29 is 24.2 Å². The molecule has 5 rings (SSSR count). The number of carboxylic acid groups (broad SMARTS) is 1. The molecule has 1 heterocycles. The molecule has 1 atom stereocenters. The highest BCUT2D eigenvalue weighted by atomic mass is 16.5. The number of ether oxygens (including phenoxy) is 1. The molecular weight excluding hydrogens is 404 g/mol. The summed E-state index contributed by atoms with van der Waals surface area (Å²) in [6, 6.07) is 23.2. The summed E-state index contributed by atoms with van der Waals surface area (Å²) < 4.78 is 12.2. The van der Waals surface area contributed by atoms with Gasteiger partial charge in [-0.2, -0.15) is 0 Å². The highest BCUT2D eigenvalue weighted by Gasteiger charge is 2.33. The van der Waals surface area contributed by atoms with E-state index in [1.807, 2.05) is 60.7 Å². The molecule has 0 amide bonds. The monoisotopic (exact) mass is 428 g/mol. The molecule has 2 N–H and O–H groups in total. The molecule has 0 saturated heterocycles. The Morgan fingerprint density at radius 3 is 2.53 bits per heavy atom. The van der Waals surface area contributed by atoms with E-state index in [1.54, 1.807) is 12.1 Å². The zero-order chi connectivity index (χ0) is 22.1. The highest BCUT2D eigenvalue weighted by Crippen LogP contribution is 2.43. The van der Waals surface area contributed by atoms with E-state index in [1.165, 1.54) is 0 Å². The highest BCUT2D eigenvalue weighted by molar-refractivity contribution is 5.93. The summed E-state index contributed by atoms with van der Waals surface area (Å²) in [6.07, 6.45) is 1.39. The quantitative estimate of drug-likeness (QED) is 0.374. The molecule has 162 valence electrons. The number of fused-ring (bicyclic) bond motifs is 1. The minimum absolute atomic E-state index is 0.0887. The lowest BCUT2D eigenvalue weighted by Gasteiger charge is -2.12. The second kappa shape index (κ2) is 8.52. The Morgan fingerprint density at radius 2 is 1.78 bits per heavy atom. The van der Waals surface area contributed by atoms with Gasteiger partial charge in [0, 0.05) is 16.5 Å². The molecule has 1 saturated carbocycles. The van der Waals surface area contributed by atoms with Crippen molar-refractivity contribution in [3.63, 3.8) is 0 Å². The number of aliphatic hydroxyl groups is 1. The molecule has 1 aliphatic carbocycles. The average molecular weight is 428 g/mol. The van der Waals surface area contributed by atoms with E-state index in [4.69, 9.17) is 14.3 Å². The van der Waals surface area contributed by atoms with E-state index in [0.717, 1.165) is 40.5 Å². The van der Waals surface area contributed by atoms with E-state index in [9.17, 15) is 9.90 Å². The Kier molecular flexibility index (Phi) is 5.41. The summed E-state index contributed by atoms with van der Waals surface area (Å²) in [5.41, 5.74) is 4.29. The second-order valence-corrected chi connectivity index (χ2v) is 8.33. The minimum atomic E-state index is -0.894. The number of furan rings is 1. The zero-order valence-corrected chi connectivity index (χ0v) is 17.5. The van der Waals surface area contributed by atoms with Gasteiger partial charge in [0.15, 0.2) is 0 Å². The SMILES string of the molecule is O=C(O)Cc1ccccc1OCc1cc(-c2ccccc2)c2oc(C(O)C3CC3)cc2c1. The summed E-state index contributed by atoms with van der Waals surface area (Å²) in [4.78, 5) is 11.2. The molecule has 5 nitrogen and oxygen atoms in total. The van der Waals surface area contributed by atoms with Gasteiger partial charge in [-0.1, -0.05) is 48.5 Å². The van der Waals surface area contributed by atoms with Crippen molar-refractivity contribution in [2.24, 2.45) is 5.92 Å². The zero-order valence-electron chi connectivity index (χ0n) is 17.5. The number of hydrogen-bond acceptors (Lipinski definition) is 4. The Hall–Kier alpha value is -3.57. The Bertz CT molecular complexity index is 1250. The fourth-order valence-electron chi connectivity index (χ4n) is 4.06. The van der Waals surface area contributed by atoms with E-state index >= 15 is 0 Å². The molecule has 1 aromatic heterocycles. The number of aliphatic carboxylic acids is 1. The summed E-state index contributed by atoms with van der Waals surface area (Å²) in [5.74, 6) is 0.552. The molecule has 1 unspecified atom stereocenters. The van der Waals surface area contributed by atoms with Crippen LogP contribution in [0, 0.1) is 5.92 Å².